The molecule has 1 atom stereocenters. The van der Waals surface area contributed by atoms with Crippen molar-refractivity contribution in [2.24, 2.45) is 0 Å². The van der Waals surface area contributed by atoms with Gasteiger partial charge in [-0.25, -0.2) is 9.59 Å². The summed E-state index contributed by atoms with van der Waals surface area (Å²) in [4.78, 5) is 37.4. The molecule has 0 saturated heterocycles. The zero-order chi connectivity index (χ0) is 25.4. The Bertz CT molecular complexity index is 1220. The molecule has 0 unspecified atom stereocenters. The van der Waals surface area contributed by atoms with Gasteiger partial charge in [0.05, 0.1) is 17.7 Å². The monoisotopic (exact) mass is 478 g/mol. The van der Waals surface area contributed by atoms with E-state index in [9.17, 15) is 24.6 Å². The van der Waals surface area contributed by atoms with E-state index in [0.29, 0.717) is 16.7 Å². The van der Waals surface area contributed by atoms with Crippen LogP contribution in [0.2, 0.25) is 0 Å². The number of hydrogen-bond donors (Lipinski definition) is 2. The number of ether oxygens (including phenoxy) is 2. The summed E-state index contributed by atoms with van der Waals surface area (Å²) in [6, 6.07) is 16.0. The van der Waals surface area contributed by atoms with Crippen molar-refractivity contribution < 1.29 is 38.5 Å². The first-order valence-electron chi connectivity index (χ1n) is 10.9. The molecule has 182 valence electrons. The number of furan rings is 1. The number of Topliss-reactive ketones (excluding diaryl/α,β-unsaturated/α-hetero) is 1. The summed E-state index contributed by atoms with van der Waals surface area (Å²) in [7, 11) is 1.46. The van der Waals surface area contributed by atoms with Crippen molar-refractivity contribution in [1.82, 2.24) is 0 Å². The van der Waals surface area contributed by atoms with Crippen LogP contribution in [0.1, 0.15) is 51.2 Å². The molecule has 0 saturated carbocycles. The van der Waals surface area contributed by atoms with E-state index in [1.165, 1.54) is 13.2 Å². The standard InChI is InChI=1S/C27H26O8/c1-17(16-33-2)23(29)12-14-25(24-13-11-18(15-28)34-24)35-27(32)22-10-6-4-8-20(22)19-7-3-5-9-21(19)26(30)31/h3-11,13,25,28H,1,12,14-16H2,2H3,(H,30,31)/t25-/m1/s1. The number of ketones is 1. The van der Waals surface area contributed by atoms with Crippen LogP contribution in [0.25, 0.3) is 11.1 Å². The molecular weight excluding hydrogens is 452 g/mol. The van der Waals surface area contributed by atoms with Crippen molar-refractivity contribution in [3.05, 3.63) is 95.5 Å². The van der Waals surface area contributed by atoms with Crippen LogP contribution in [0, 0.1) is 0 Å². The van der Waals surface area contributed by atoms with Crippen LogP contribution in [0.4, 0.5) is 0 Å². The lowest BCUT2D eigenvalue weighted by Crippen LogP contribution is -2.15. The zero-order valence-corrected chi connectivity index (χ0v) is 19.2. The lowest BCUT2D eigenvalue weighted by molar-refractivity contribution is -0.116. The number of methoxy groups -OCH3 is 1. The Morgan fingerprint density at radius 1 is 0.971 bits per heavy atom. The molecule has 1 heterocycles. The quantitative estimate of drug-likeness (QED) is 0.286. The highest BCUT2D eigenvalue weighted by Gasteiger charge is 2.25. The molecule has 0 aliphatic carbocycles. The fourth-order valence-electron chi connectivity index (χ4n) is 3.60. The normalized spacial score (nSPS) is 11.6. The van der Waals surface area contributed by atoms with Gasteiger partial charge in [0.15, 0.2) is 11.9 Å². The Labute approximate surface area is 202 Å². The molecular formula is C27H26O8. The number of carboxylic acids is 1. The smallest absolute Gasteiger partial charge is 0.339 e. The fourth-order valence-corrected chi connectivity index (χ4v) is 3.60. The van der Waals surface area contributed by atoms with Gasteiger partial charge in [-0.15, -0.1) is 0 Å². The molecule has 0 aliphatic heterocycles. The number of benzene rings is 2. The van der Waals surface area contributed by atoms with Gasteiger partial charge in [0.1, 0.15) is 18.1 Å². The van der Waals surface area contributed by atoms with E-state index in [1.807, 2.05) is 0 Å². The number of carbonyl (C=O) groups is 3. The molecule has 0 radical (unpaired) electrons. The molecule has 0 spiro atoms. The van der Waals surface area contributed by atoms with Crippen molar-refractivity contribution in [2.45, 2.75) is 25.6 Å². The number of aliphatic hydroxyl groups is 1. The Kier molecular flexibility index (Phi) is 8.72. The Morgan fingerprint density at radius 3 is 2.20 bits per heavy atom. The average Bonchev–Trinajstić information content (AvgIpc) is 3.35. The van der Waals surface area contributed by atoms with Crippen molar-refractivity contribution in [1.29, 1.82) is 0 Å². The number of aromatic carboxylic acids is 1. The maximum Gasteiger partial charge on any atom is 0.339 e. The molecule has 0 fully saturated rings. The molecule has 3 rings (SSSR count). The van der Waals surface area contributed by atoms with Crippen LogP contribution in [0.5, 0.6) is 0 Å². The Hall–Kier alpha value is -4.01. The van der Waals surface area contributed by atoms with Crippen LogP contribution in [-0.2, 0) is 20.9 Å². The Morgan fingerprint density at radius 2 is 1.60 bits per heavy atom. The summed E-state index contributed by atoms with van der Waals surface area (Å²) in [5.41, 5.74) is 1.27. The average molecular weight is 478 g/mol. The third-order valence-corrected chi connectivity index (χ3v) is 5.35. The van der Waals surface area contributed by atoms with Crippen molar-refractivity contribution in [3.8, 4) is 11.1 Å². The van der Waals surface area contributed by atoms with E-state index < -0.39 is 18.0 Å². The van der Waals surface area contributed by atoms with E-state index >= 15 is 0 Å². The predicted molar refractivity (Wildman–Crippen MR) is 127 cm³/mol. The summed E-state index contributed by atoms with van der Waals surface area (Å²) >= 11 is 0. The SMILES string of the molecule is C=C(COC)C(=O)CC[C@@H](OC(=O)c1ccccc1-c1ccccc1C(=O)O)c1ccc(CO)o1. The van der Waals surface area contributed by atoms with Crippen molar-refractivity contribution in [2.75, 3.05) is 13.7 Å². The van der Waals surface area contributed by atoms with Gasteiger partial charge in [-0.2, -0.15) is 0 Å². The molecule has 0 bridgehead atoms. The van der Waals surface area contributed by atoms with Gasteiger partial charge in [-0.3, -0.25) is 4.79 Å². The van der Waals surface area contributed by atoms with Crippen molar-refractivity contribution in [3.63, 3.8) is 0 Å². The van der Waals surface area contributed by atoms with E-state index in [2.05, 4.69) is 6.58 Å². The maximum atomic E-state index is 13.3. The van der Waals surface area contributed by atoms with Gasteiger partial charge in [-0.05, 0) is 41.8 Å². The molecule has 2 N–H and O–H groups in total. The lowest BCUT2D eigenvalue weighted by Gasteiger charge is -2.18. The highest BCUT2D eigenvalue weighted by atomic mass is 16.6. The summed E-state index contributed by atoms with van der Waals surface area (Å²) in [5, 5.41) is 18.9. The van der Waals surface area contributed by atoms with Crippen LogP contribution in [-0.4, -0.2) is 41.7 Å². The molecule has 35 heavy (non-hydrogen) atoms. The fraction of sp³-hybridized carbons (Fsp3) is 0.222. The second-order valence-electron chi connectivity index (χ2n) is 7.75. The Balaban J connectivity index is 1.90. The number of rotatable bonds is 12. The van der Waals surface area contributed by atoms with E-state index in [1.54, 1.807) is 54.6 Å². The minimum Gasteiger partial charge on any atom is -0.478 e. The first-order chi connectivity index (χ1) is 16.8. The molecule has 0 amide bonds. The van der Waals surface area contributed by atoms with E-state index in [4.69, 9.17) is 13.9 Å². The van der Waals surface area contributed by atoms with E-state index in [-0.39, 0.29) is 54.5 Å². The summed E-state index contributed by atoms with van der Waals surface area (Å²) in [6.45, 7) is 3.46. The van der Waals surface area contributed by atoms with Crippen LogP contribution < -0.4 is 0 Å². The third-order valence-electron chi connectivity index (χ3n) is 5.35. The topological polar surface area (TPSA) is 123 Å². The number of esters is 1. The number of hydrogen-bond acceptors (Lipinski definition) is 7. The van der Waals surface area contributed by atoms with Crippen LogP contribution in [0.15, 0.2) is 77.2 Å². The predicted octanol–water partition coefficient (Wildman–Crippen LogP) is 4.59. The molecule has 2 aromatic carbocycles. The molecule has 8 nitrogen and oxygen atoms in total. The molecule has 0 aliphatic rings. The first kappa shape index (κ1) is 25.6. The largest absolute Gasteiger partial charge is 0.478 e. The summed E-state index contributed by atoms with van der Waals surface area (Å²) < 4.78 is 16.3. The van der Waals surface area contributed by atoms with Gasteiger partial charge in [0, 0.05) is 19.1 Å². The van der Waals surface area contributed by atoms with Gasteiger partial charge < -0.3 is 24.1 Å². The second-order valence-corrected chi connectivity index (χ2v) is 7.75. The summed E-state index contributed by atoms with van der Waals surface area (Å²) in [6.07, 6.45) is -0.789. The number of carboxylic acid groups (broad SMARTS) is 1. The number of aliphatic hydroxyl groups excluding tert-OH is 1. The van der Waals surface area contributed by atoms with Crippen LogP contribution >= 0.6 is 0 Å². The molecule has 3 aromatic rings. The highest BCUT2D eigenvalue weighted by Crippen LogP contribution is 2.31. The minimum atomic E-state index is -1.12. The molecule has 1 aromatic heterocycles. The van der Waals surface area contributed by atoms with Gasteiger partial charge in [-0.1, -0.05) is 43.0 Å². The lowest BCUT2D eigenvalue weighted by atomic mass is 9.95. The third kappa shape index (κ3) is 6.32. The number of carbonyl (C=O) groups excluding carboxylic acids is 2. The van der Waals surface area contributed by atoms with Gasteiger partial charge in [0.2, 0.25) is 0 Å². The second kappa shape index (κ2) is 11.9. The van der Waals surface area contributed by atoms with Gasteiger partial charge >= 0.3 is 11.9 Å². The highest BCUT2D eigenvalue weighted by molar-refractivity contribution is 6.02. The van der Waals surface area contributed by atoms with Gasteiger partial charge in [0.25, 0.3) is 0 Å². The first-order valence-corrected chi connectivity index (χ1v) is 10.9. The maximum absolute atomic E-state index is 13.3. The zero-order valence-electron chi connectivity index (χ0n) is 19.2. The van der Waals surface area contributed by atoms with Crippen molar-refractivity contribution >= 4 is 17.7 Å². The summed E-state index contributed by atoms with van der Waals surface area (Å²) in [5.74, 6) is -1.51. The van der Waals surface area contributed by atoms with Crippen LogP contribution in [0.3, 0.4) is 0 Å². The molecule has 8 heteroatoms. The van der Waals surface area contributed by atoms with E-state index in [0.717, 1.165) is 0 Å². The minimum absolute atomic E-state index is 0.0266.